The van der Waals surface area contributed by atoms with E-state index >= 15 is 0 Å². The molecule has 0 amide bonds. The lowest BCUT2D eigenvalue weighted by atomic mass is 10.1. The first-order valence-corrected chi connectivity index (χ1v) is 7.46. The van der Waals surface area contributed by atoms with Crippen molar-refractivity contribution in [2.75, 3.05) is 0 Å². The molecule has 0 radical (unpaired) electrons. The predicted molar refractivity (Wildman–Crippen MR) is 85.0 cm³/mol. The lowest BCUT2D eigenvalue weighted by molar-refractivity contribution is 0.431. The van der Waals surface area contributed by atoms with E-state index in [0.29, 0.717) is 27.7 Å². The second-order valence-electron chi connectivity index (χ2n) is 5.09. The molecule has 2 heterocycles. The van der Waals surface area contributed by atoms with Crippen molar-refractivity contribution in [1.29, 1.82) is 0 Å². The average molecular weight is 360 g/mol. The molecule has 6 nitrogen and oxygen atoms in total. The van der Waals surface area contributed by atoms with Crippen molar-refractivity contribution in [3.05, 3.63) is 65.3 Å². The number of hydrogen-bond acceptors (Lipinski definition) is 5. The first-order chi connectivity index (χ1) is 12.1. The van der Waals surface area contributed by atoms with Crippen LogP contribution >= 0.6 is 11.6 Å². The Labute approximate surface area is 144 Å². The smallest absolute Gasteiger partial charge is 0.192 e. The molecule has 2 aromatic carbocycles. The fourth-order valence-corrected chi connectivity index (χ4v) is 2.48. The van der Waals surface area contributed by atoms with Crippen molar-refractivity contribution in [2.24, 2.45) is 0 Å². The van der Waals surface area contributed by atoms with Gasteiger partial charge in [-0.15, -0.1) is 5.10 Å². The molecule has 0 unspecified atom stereocenters. The molecule has 124 valence electrons. The van der Waals surface area contributed by atoms with E-state index in [2.05, 4.69) is 20.7 Å². The van der Waals surface area contributed by atoms with Crippen LogP contribution in [0.4, 0.5) is 8.78 Å². The summed E-state index contributed by atoms with van der Waals surface area (Å²) in [6, 6.07) is 10.3. The van der Waals surface area contributed by atoms with Crippen LogP contribution in [0.5, 0.6) is 0 Å². The van der Waals surface area contributed by atoms with E-state index < -0.39 is 11.6 Å². The molecule has 0 aliphatic heterocycles. The Balaban J connectivity index is 1.83. The van der Waals surface area contributed by atoms with E-state index in [1.54, 1.807) is 24.3 Å². The van der Waals surface area contributed by atoms with Crippen LogP contribution in [0.15, 0.2) is 53.2 Å². The van der Waals surface area contributed by atoms with E-state index in [1.807, 2.05) is 0 Å². The van der Waals surface area contributed by atoms with Gasteiger partial charge in [0.1, 0.15) is 0 Å². The van der Waals surface area contributed by atoms with Crippen molar-refractivity contribution in [2.45, 2.75) is 0 Å². The number of halogens is 3. The fraction of sp³-hybridized carbons (Fsp3) is 0. The highest BCUT2D eigenvalue weighted by Crippen LogP contribution is 2.32. The van der Waals surface area contributed by atoms with Crippen molar-refractivity contribution < 1.29 is 13.3 Å². The lowest BCUT2D eigenvalue weighted by Gasteiger charge is -2.05. The van der Waals surface area contributed by atoms with Gasteiger partial charge in [0.15, 0.2) is 23.2 Å². The molecule has 0 saturated carbocycles. The van der Waals surface area contributed by atoms with Crippen LogP contribution in [0.2, 0.25) is 5.02 Å². The van der Waals surface area contributed by atoms with Gasteiger partial charge >= 0.3 is 0 Å². The Kier molecular flexibility index (Phi) is 3.73. The van der Waals surface area contributed by atoms with Gasteiger partial charge in [0.2, 0.25) is 0 Å². The highest BCUT2D eigenvalue weighted by molar-refractivity contribution is 6.30. The van der Waals surface area contributed by atoms with E-state index in [4.69, 9.17) is 16.1 Å². The summed E-state index contributed by atoms with van der Waals surface area (Å²) in [7, 11) is 0. The van der Waals surface area contributed by atoms with Crippen molar-refractivity contribution in [3.63, 3.8) is 0 Å². The molecule has 0 aliphatic carbocycles. The van der Waals surface area contributed by atoms with Gasteiger partial charge in [0.25, 0.3) is 0 Å². The van der Waals surface area contributed by atoms with Gasteiger partial charge in [-0.05, 0) is 52.9 Å². The fourth-order valence-electron chi connectivity index (χ4n) is 2.36. The predicted octanol–water partition coefficient (Wildman–Crippen LogP) is 3.92. The Morgan fingerprint density at radius 1 is 1.00 bits per heavy atom. The summed E-state index contributed by atoms with van der Waals surface area (Å²) in [6.45, 7) is 0. The Hall–Kier alpha value is -3.13. The molecule has 0 saturated heterocycles. The second kappa shape index (κ2) is 6.06. The van der Waals surface area contributed by atoms with Crippen LogP contribution in [-0.2, 0) is 0 Å². The van der Waals surface area contributed by atoms with Gasteiger partial charge in [-0.1, -0.05) is 16.8 Å². The number of benzene rings is 2. The molecule has 0 N–H and O–H groups in total. The zero-order valence-corrected chi connectivity index (χ0v) is 13.2. The monoisotopic (exact) mass is 359 g/mol. The Morgan fingerprint density at radius 3 is 2.56 bits per heavy atom. The number of aromatic nitrogens is 5. The molecule has 25 heavy (non-hydrogen) atoms. The number of hydrogen-bond donors (Lipinski definition) is 0. The van der Waals surface area contributed by atoms with Crippen molar-refractivity contribution in [1.82, 2.24) is 25.4 Å². The highest BCUT2D eigenvalue weighted by atomic mass is 35.5. The third kappa shape index (κ3) is 2.76. The topological polar surface area (TPSA) is 69.6 Å². The first kappa shape index (κ1) is 15.4. The molecular weight excluding hydrogens is 352 g/mol. The molecule has 0 atom stereocenters. The normalized spacial score (nSPS) is 11.0. The molecule has 0 bridgehead atoms. The summed E-state index contributed by atoms with van der Waals surface area (Å²) in [5.74, 6) is -1.37. The third-order valence-corrected chi connectivity index (χ3v) is 3.79. The molecule has 0 aliphatic rings. The van der Waals surface area contributed by atoms with Crippen LogP contribution in [0.3, 0.4) is 0 Å². The zero-order valence-electron chi connectivity index (χ0n) is 12.4. The Morgan fingerprint density at radius 2 is 1.80 bits per heavy atom. The summed E-state index contributed by atoms with van der Waals surface area (Å²) in [5, 5.41) is 15.9. The lowest BCUT2D eigenvalue weighted by Crippen LogP contribution is -1.99. The van der Waals surface area contributed by atoms with Gasteiger partial charge in [-0.2, -0.15) is 4.68 Å². The minimum Gasteiger partial charge on any atom is -0.356 e. The SMILES string of the molecule is Fc1ccc(-c2oncc2-c2nnnn2-c2ccc(Cl)cc2)cc1F. The van der Waals surface area contributed by atoms with Crippen LogP contribution in [-0.4, -0.2) is 25.4 Å². The number of tetrazole rings is 1. The van der Waals surface area contributed by atoms with Gasteiger partial charge in [0, 0.05) is 10.6 Å². The Bertz CT molecular complexity index is 1040. The van der Waals surface area contributed by atoms with Crippen LogP contribution in [0.1, 0.15) is 0 Å². The maximum Gasteiger partial charge on any atom is 0.192 e. The van der Waals surface area contributed by atoms with E-state index in [-0.39, 0.29) is 5.76 Å². The molecule has 4 aromatic rings. The molecule has 4 rings (SSSR count). The maximum absolute atomic E-state index is 13.5. The van der Waals surface area contributed by atoms with Gasteiger partial charge in [0.05, 0.1) is 17.4 Å². The largest absolute Gasteiger partial charge is 0.356 e. The van der Waals surface area contributed by atoms with Gasteiger partial charge < -0.3 is 4.52 Å². The summed E-state index contributed by atoms with van der Waals surface area (Å²) >= 11 is 5.89. The summed E-state index contributed by atoms with van der Waals surface area (Å²) < 4.78 is 33.4. The molecule has 9 heteroatoms. The minimum absolute atomic E-state index is 0.226. The second-order valence-corrected chi connectivity index (χ2v) is 5.52. The van der Waals surface area contributed by atoms with Gasteiger partial charge in [-0.3, -0.25) is 0 Å². The van der Waals surface area contributed by atoms with Crippen molar-refractivity contribution >= 4 is 11.6 Å². The number of rotatable bonds is 3. The quantitative estimate of drug-likeness (QED) is 0.554. The van der Waals surface area contributed by atoms with Crippen molar-refractivity contribution in [3.8, 4) is 28.4 Å². The highest BCUT2D eigenvalue weighted by Gasteiger charge is 2.20. The third-order valence-electron chi connectivity index (χ3n) is 3.53. The van der Waals surface area contributed by atoms with E-state index in [0.717, 1.165) is 12.1 Å². The molecule has 2 aromatic heterocycles. The molecular formula is C16H8ClF2N5O. The van der Waals surface area contributed by atoms with E-state index in [1.165, 1.54) is 16.9 Å². The van der Waals surface area contributed by atoms with Crippen LogP contribution in [0, 0.1) is 11.6 Å². The summed E-state index contributed by atoms with van der Waals surface area (Å²) in [6.07, 6.45) is 1.41. The maximum atomic E-state index is 13.5. The van der Waals surface area contributed by atoms with Crippen LogP contribution in [0.25, 0.3) is 28.4 Å². The van der Waals surface area contributed by atoms with Gasteiger partial charge in [-0.25, -0.2) is 8.78 Å². The standard InChI is InChI=1S/C16H8ClF2N5O/c17-10-2-4-11(5-3-10)24-16(21-22-23-24)12-8-20-25-15(12)9-1-6-13(18)14(19)7-9/h1-8H. The molecule has 0 spiro atoms. The van der Waals surface area contributed by atoms with Crippen LogP contribution < -0.4 is 0 Å². The molecule has 0 fully saturated rings. The average Bonchev–Trinajstić information content (AvgIpc) is 3.26. The number of nitrogens with zero attached hydrogens (tertiary/aromatic N) is 5. The minimum atomic E-state index is -0.989. The summed E-state index contributed by atoms with van der Waals surface area (Å²) in [4.78, 5) is 0. The first-order valence-electron chi connectivity index (χ1n) is 7.08. The zero-order chi connectivity index (χ0) is 17.4. The van der Waals surface area contributed by atoms with E-state index in [9.17, 15) is 8.78 Å². The summed E-state index contributed by atoms with van der Waals surface area (Å²) in [5.41, 5.74) is 1.42.